The third-order valence-electron chi connectivity index (χ3n) is 5.40. The van der Waals surface area contributed by atoms with Crippen LogP contribution >= 0.6 is 12.4 Å². The van der Waals surface area contributed by atoms with Gasteiger partial charge in [-0.15, -0.1) is 22.6 Å². The molecule has 0 spiro atoms. The molecule has 146 valence electrons. The van der Waals surface area contributed by atoms with E-state index < -0.39 is 0 Å². The number of fused-ring (bicyclic) bond motifs is 1. The molecule has 1 saturated heterocycles. The van der Waals surface area contributed by atoms with Crippen LogP contribution in [0, 0.1) is 0 Å². The van der Waals surface area contributed by atoms with Crippen LogP contribution in [-0.4, -0.2) is 53.0 Å². The van der Waals surface area contributed by atoms with Crippen LogP contribution in [0.4, 0.5) is 0 Å². The first-order valence-electron chi connectivity index (χ1n) is 9.50. The number of halogens is 1. The summed E-state index contributed by atoms with van der Waals surface area (Å²) >= 11 is 0. The Morgan fingerprint density at radius 2 is 2.00 bits per heavy atom. The van der Waals surface area contributed by atoms with Crippen molar-refractivity contribution in [3.63, 3.8) is 0 Å². The summed E-state index contributed by atoms with van der Waals surface area (Å²) in [6, 6.07) is 8.13. The van der Waals surface area contributed by atoms with Crippen LogP contribution in [0.5, 0.6) is 5.75 Å². The molecule has 0 saturated carbocycles. The molecule has 27 heavy (non-hydrogen) atoms. The van der Waals surface area contributed by atoms with Crippen molar-refractivity contribution in [2.75, 3.05) is 33.3 Å². The van der Waals surface area contributed by atoms with Crippen LogP contribution in [-0.2, 0) is 13.1 Å². The monoisotopic (exact) mass is 389 g/mol. The van der Waals surface area contributed by atoms with E-state index in [1.165, 1.54) is 5.82 Å². The third kappa shape index (κ3) is 4.51. The standard InChI is InChI=1S/C20H27N5O.ClH/c1-26-18-7-3-2-5-16(18)6-4-11-24-12-8-17(9-13-24)20-23-22-19-15-21-10-14-25(19)20;/h2-7,17,21H,8-15H2,1H3;1H/b6-4+;. The van der Waals surface area contributed by atoms with Crippen LogP contribution in [0.25, 0.3) is 6.08 Å². The van der Waals surface area contributed by atoms with E-state index in [1.54, 1.807) is 7.11 Å². The summed E-state index contributed by atoms with van der Waals surface area (Å²) in [7, 11) is 1.72. The molecule has 7 heteroatoms. The normalized spacial score (nSPS) is 18.3. The van der Waals surface area contributed by atoms with E-state index in [2.05, 4.69) is 43.2 Å². The molecular formula is C20H28ClN5O. The van der Waals surface area contributed by atoms with Gasteiger partial charge in [-0.3, -0.25) is 4.90 Å². The predicted molar refractivity (Wildman–Crippen MR) is 109 cm³/mol. The molecule has 4 rings (SSSR count). The number of piperidine rings is 1. The van der Waals surface area contributed by atoms with E-state index in [0.717, 1.165) is 69.2 Å². The van der Waals surface area contributed by atoms with Gasteiger partial charge in [0.15, 0.2) is 0 Å². The zero-order valence-corrected chi connectivity index (χ0v) is 16.6. The average Bonchev–Trinajstić information content (AvgIpc) is 3.13. The number of aromatic nitrogens is 3. The second kappa shape index (κ2) is 9.35. The molecular weight excluding hydrogens is 362 g/mol. The molecule has 0 unspecified atom stereocenters. The smallest absolute Gasteiger partial charge is 0.147 e. The van der Waals surface area contributed by atoms with E-state index in [9.17, 15) is 0 Å². The third-order valence-corrected chi connectivity index (χ3v) is 5.40. The van der Waals surface area contributed by atoms with Gasteiger partial charge in [0.25, 0.3) is 0 Å². The summed E-state index contributed by atoms with van der Waals surface area (Å²) in [5.41, 5.74) is 1.13. The van der Waals surface area contributed by atoms with Crippen LogP contribution in [0.1, 0.15) is 36.0 Å². The Kier molecular flexibility index (Phi) is 6.88. The highest BCUT2D eigenvalue weighted by Crippen LogP contribution is 2.28. The maximum absolute atomic E-state index is 5.40. The van der Waals surface area contributed by atoms with E-state index in [4.69, 9.17) is 4.74 Å². The van der Waals surface area contributed by atoms with Crippen molar-refractivity contribution in [3.8, 4) is 5.75 Å². The minimum atomic E-state index is 0. The fourth-order valence-electron chi connectivity index (χ4n) is 3.92. The maximum Gasteiger partial charge on any atom is 0.147 e. The summed E-state index contributed by atoms with van der Waals surface area (Å²) in [5, 5.41) is 12.2. The zero-order valence-electron chi connectivity index (χ0n) is 15.8. The number of rotatable bonds is 5. The highest BCUT2D eigenvalue weighted by Gasteiger charge is 2.26. The Hall–Kier alpha value is -1.89. The summed E-state index contributed by atoms with van der Waals surface area (Å²) < 4.78 is 7.74. The first-order valence-corrected chi connectivity index (χ1v) is 9.50. The maximum atomic E-state index is 5.40. The number of benzene rings is 1. The van der Waals surface area contributed by atoms with Gasteiger partial charge in [-0.25, -0.2) is 0 Å². The SMILES string of the molecule is COc1ccccc1/C=C/CN1CCC(c2nnc3n2CCNC3)CC1.Cl. The lowest BCUT2D eigenvalue weighted by Crippen LogP contribution is -2.35. The molecule has 6 nitrogen and oxygen atoms in total. The number of methoxy groups -OCH3 is 1. The van der Waals surface area contributed by atoms with Gasteiger partial charge in [-0.1, -0.05) is 30.4 Å². The molecule has 0 bridgehead atoms. The number of hydrogen-bond acceptors (Lipinski definition) is 5. The number of nitrogens with zero attached hydrogens (tertiary/aromatic N) is 4. The Morgan fingerprint density at radius 3 is 2.81 bits per heavy atom. The summed E-state index contributed by atoms with van der Waals surface area (Å²) in [6.07, 6.45) is 6.72. The molecule has 0 aliphatic carbocycles. The van der Waals surface area contributed by atoms with E-state index in [1.807, 2.05) is 18.2 Å². The van der Waals surface area contributed by atoms with Crippen molar-refractivity contribution < 1.29 is 4.74 Å². The number of nitrogens with one attached hydrogen (secondary N) is 1. The lowest BCUT2D eigenvalue weighted by molar-refractivity contribution is 0.226. The molecule has 1 aromatic carbocycles. The fraction of sp³-hybridized carbons (Fsp3) is 0.500. The van der Waals surface area contributed by atoms with Crippen molar-refractivity contribution >= 4 is 18.5 Å². The molecule has 2 aliphatic rings. The molecule has 2 aliphatic heterocycles. The molecule has 2 aromatic rings. The van der Waals surface area contributed by atoms with Crippen molar-refractivity contribution in [2.45, 2.75) is 31.8 Å². The van der Waals surface area contributed by atoms with Gasteiger partial charge in [0, 0.05) is 31.1 Å². The number of para-hydroxylation sites is 1. The quantitative estimate of drug-likeness (QED) is 0.852. The van der Waals surface area contributed by atoms with Crippen molar-refractivity contribution in [3.05, 3.63) is 47.6 Å². The van der Waals surface area contributed by atoms with Gasteiger partial charge in [-0.05, 0) is 32.0 Å². The summed E-state index contributed by atoms with van der Waals surface area (Å²) in [6.45, 7) is 6.07. The van der Waals surface area contributed by atoms with Crippen LogP contribution in [0.2, 0.25) is 0 Å². The molecule has 1 N–H and O–H groups in total. The van der Waals surface area contributed by atoms with Crippen LogP contribution < -0.4 is 10.1 Å². The lowest BCUT2D eigenvalue weighted by Gasteiger charge is -2.31. The second-order valence-electron chi connectivity index (χ2n) is 7.02. The topological polar surface area (TPSA) is 55.2 Å². The summed E-state index contributed by atoms with van der Waals surface area (Å²) in [5.74, 6) is 3.76. The van der Waals surface area contributed by atoms with Gasteiger partial charge in [0.2, 0.25) is 0 Å². The van der Waals surface area contributed by atoms with Gasteiger partial charge in [0.05, 0.1) is 13.7 Å². The Bertz CT molecular complexity index is 767. The Morgan fingerprint density at radius 1 is 1.19 bits per heavy atom. The highest BCUT2D eigenvalue weighted by molar-refractivity contribution is 5.85. The molecule has 0 amide bonds. The van der Waals surface area contributed by atoms with Crippen LogP contribution in [0.15, 0.2) is 30.3 Å². The molecule has 3 heterocycles. The zero-order chi connectivity index (χ0) is 17.8. The molecule has 1 aromatic heterocycles. The Balaban J connectivity index is 0.00000210. The molecule has 0 atom stereocenters. The second-order valence-corrected chi connectivity index (χ2v) is 7.02. The van der Waals surface area contributed by atoms with Crippen LogP contribution in [0.3, 0.4) is 0 Å². The predicted octanol–water partition coefficient (Wildman–Crippen LogP) is 2.70. The number of ether oxygens (including phenoxy) is 1. The largest absolute Gasteiger partial charge is 0.496 e. The van der Waals surface area contributed by atoms with Gasteiger partial charge in [0.1, 0.15) is 17.4 Å². The minimum absolute atomic E-state index is 0. The number of likely N-dealkylation sites (tertiary alicyclic amines) is 1. The van der Waals surface area contributed by atoms with E-state index in [0.29, 0.717) is 5.92 Å². The molecule has 1 fully saturated rings. The van der Waals surface area contributed by atoms with Gasteiger partial charge < -0.3 is 14.6 Å². The van der Waals surface area contributed by atoms with E-state index >= 15 is 0 Å². The Labute approximate surface area is 167 Å². The minimum Gasteiger partial charge on any atom is -0.496 e. The average molecular weight is 390 g/mol. The van der Waals surface area contributed by atoms with Crippen molar-refractivity contribution in [2.24, 2.45) is 0 Å². The first-order chi connectivity index (χ1) is 12.8. The fourth-order valence-corrected chi connectivity index (χ4v) is 3.92. The number of hydrogen-bond donors (Lipinski definition) is 1. The lowest BCUT2D eigenvalue weighted by atomic mass is 9.95. The van der Waals surface area contributed by atoms with Gasteiger partial charge in [-0.2, -0.15) is 0 Å². The van der Waals surface area contributed by atoms with Crippen molar-refractivity contribution in [1.29, 1.82) is 0 Å². The summed E-state index contributed by atoms with van der Waals surface area (Å²) in [4.78, 5) is 2.51. The van der Waals surface area contributed by atoms with E-state index in [-0.39, 0.29) is 12.4 Å². The highest BCUT2D eigenvalue weighted by atomic mass is 35.5. The first kappa shape index (κ1) is 19.9. The van der Waals surface area contributed by atoms with Crippen molar-refractivity contribution in [1.82, 2.24) is 25.0 Å². The molecule has 0 radical (unpaired) electrons. The van der Waals surface area contributed by atoms with Gasteiger partial charge >= 0.3 is 0 Å².